The quantitative estimate of drug-likeness (QED) is 0.532. The van der Waals surface area contributed by atoms with Crippen LogP contribution in [-0.4, -0.2) is 48.0 Å². The van der Waals surface area contributed by atoms with Gasteiger partial charge in [0, 0.05) is 13.1 Å². The number of nitrogens with zero attached hydrogens (tertiary/aromatic N) is 1. The Balaban J connectivity index is 3.15. The molecule has 0 aliphatic rings. The van der Waals surface area contributed by atoms with Gasteiger partial charge in [-0.05, 0) is 14.0 Å². The van der Waals surface area contributed by atoms with Crippen molar-refractivity contribution in [1.82, 2.24) is 4.90 Å². The second-order valence-electron chi connectivity index (χ2n) is 2.33. The van der Waals surface area contributed by atoms with Gasteiger partial charge in [-0.3, -0.25) is 0 Å². The molecule has 56 valence electrons. The summed E-state index contributed by atoms with van der Waals surface area (Å²) in [5.74, 6) is 0. The smallest absolute Gasteiger partial charge is 0.0638 e. The second-order valence-corrected chi connectivity index (χ2v) is 2.33. The third-order valence-electron chi connectivity index (χ3n) is 1.06. The molecule has 0 rings (SSSR count). The van der Waals surface area contributed by atoms with E-state index < -0.39 is 0 Å². The topological polar surface area (TPSA) is 43.7 Å². The number of aliphatic hydroxyl groups is 2. The van der Waals surface area contributed by atoms with Gasteiger partial charge in [0.2, 0.25) is 0 Å². The lowest BCUT2D eigenvalue weighted by Gasteiger charge is -2.15. The fraction of sp³-hybridized carbons (Fsp3) is 1.00. The fourth-order valence-electron chi connectivity index (χ4n) is 0.713. The number of rotatable bonds is 4. The predicted molar refractivity (Wildman–Crippen MR) is 36.3 cm³/mol. The minimum absolute atomic E-state index is 0.156. The van der Waals surface area contributed by atoms with Crippen LogP contribution < -0.4 is 0 Å². The Labute approximate surface area is 55.9 Å². The summed E-state index contributed by atoms with van der Waals surface area (Å²) in [5.41, 5.74) is 0. The molecule has 0 aliphatic carbocycles. The van der Waals surface area contributed by atoms with Crippen molar-refractivity contribution in [1.29, 1.82) is 0 Å². The third-order valence-corrected chi connectivity index (χ3v) is 1.06. The molecular formula is C6H15NO2. The largest absolute Gasteiger partial charge is 0.395 e. The third kappa shape index (κ3) is 5.76. The van der Waals surface area contributed by atoms with Crippen LogP contribution in [0.3, 0.4) is 0 Å². The number of hydrogen-bond acceptors (Lipinski definition) is 3. The molecule has 3 nitrogen and oxygen atoms in total. The Bertz CT molecular complexity index is 66.1. The molecule has 1 atom stereocenters. The number of hydrogen-bond donors (Lipinski definition) is 2. The van der Waals surface area contributed by atoms with Crippen molar-refractivity contribution in [2.24, 2.45) is 0 Å². The molecule has 0 aromatic rings. The van der Waals surface area contributed by atoms with Gasteiger partial charge in [0.25, 0.3) is 0 Å². The second kappa shape index (κ2) is 4.73. The summed E-state index contributed by atoms with van der Waals surface area (Å²) >= 11 is 0. The maximum absolute atomic E-state index is 8.83. The average molecular weight is 133 g/mol. The highest BCUT2D eigenvalue weighted by Gasteiger charge is 1.99. The van der Waals surface area contributed by atoms with Gasteiger partial charge in [0.05, 0.1) is 12.7 Å². The van der Waals surface area contributed by atoms with E-state index in [1.807, 2.05) is 11.9 Å². The molecule has 3 heteroatoms. The van der Waals surface area contributed by atoms with Gasteiger partial charge >= 0.3 is 0 Å². The van der Waals surface area contributed by atoms with Crippen LogP contribution in [0.4, 0.5) is 0 Å². The number of aliphatic hydroxyl groups excluding tert-OH is 2. The zero-order valence-electron chi connectivity index (χ0n) is 6.04. The van der Waals surface area contributed by atoms with E-state index in [0.29, 0.717) is 13.1 Å². The van der Waals surface area contributed by atoms with Crippen LogP contribution in [0.25, 0.3) is 0 Å². The highest BCUT2D eigenvalue weighted by atomic mass is 16.3. The fourth-order valence-corrected chi connectivity index (χ4v) is 0.713. The maximum Gasteiger partial charge on any atom is 0.0638 e. The Morgan fingerprint density at radius 1 is 1.56 bits per heavy atom. The van der Waals surface area contributed by atoms with Gasteiger partial charge in [-0.15, -0.1) is 0 Å². The molecule has 0 aliphatic heterocycles. The van der Waals surface area contributed by atoms with E-state index in [0.717, 1.165) is 0 Å². The molecule has 9 heavy (non-hydrogen) atoms. The maximum atomic E-state index is 8.83. The summed E-state index contributed by atoms with van der Waals surface area (Å²) in [6, 6.07) is 0. The molecule has 2 N–H and O–H groups in total. The van der Waals surface area contributed by atoms with Crippen molar-refractivity contribution in [3.63, 3.8) is 0 Å². The average Bonchev–Trinajstić information content (AvgIpc) is 1.63. The SMILES string of the molecule is CC(O)CN(C)CCO. The Morgan fingerprint density at radius 3 is 2.44 bits per heavy atom. The van der Waals surface area contributed by atoms with Crippen LogP contribution in [0.5, 0.6) is 0 Å². The number of likely N-dealkylation sites (N-methyl/N-ethyl adjacent to an activating group) is 1. The van der Waals surface area contributed by atoms with Crippen LogP contribution >= 0.6 is 0 Å². The molecule has 0 fully saturated rings. The normalized spacial score (nSPS) is 14.3. The predicted octanol–water partition coefficient (Wildman–Crippen LogP) is -0.709. The van der Waals surface area contributed by atoms with E-state index in [1.54, 1.807) is 6.92 Å². The van der Waals surface area contributed by atoms with Crippen LogP contribution in [0, 0.1) is 0 Å². The first kappa shape index (κ1) is 8.88. The first-order valence-electron chi connectivity index (χ1n) is 3.14. The zero-order chi connectivity index (χ0) is 7.28. The van der Waals surface area contributed by atoms with Crippen LogP contribution in [0.1, 0.15) is 6.92 Å². The Hall–Kier alpha value is -0.120. The summed E-state index contributed by atoms with van der Waals surface area (Å²) in [6.45, 7) is 3.14. The summed E-state index contributed by atoms with van der Waals surface area (Å²) in [4.78, 5) is 1.88. The summed E-state index contributed by atoms with van der Waals surface area (Å²) < 4.78 is 0. The molecule has 0 heterocycles. The first-order chi connectivity index (χ1) is 4.16. The van der Waals surface area contributed by atoms with E-state index in [4.69, 9.17) is 10.2 Å². The van der Waals surface area contributed by atoms with Crippen molar-refractivity contribution in [3.8, 4) is 0 Å². The standard InChI is InChI=1S/C6H15NO2/c1-6(9)5-7(2)3-4-8/h6,8-9H,3-5H2,1-2H3. The molecule has 0 saturated heterocycles. The summed E-state index contributed by atoms with van der Waals surface area (Å²) in [7, 11) is 1.86. The van der Waals surface area contributed by atoms with Crippen molar-refractivity contribution >= 4 is 0 Å². The van der Waals surface area contributed by atoms with Crippen molar-refractivity contribution in [3.05, 3.63) is 0 Å². The van der Waals surface area contributed by atoms with E-state index in [1.165, 1.54) is 0 Å². The highest BCUT2D eigenvalue weighted by Crippen LogP contribution is 1.85. The van der Waals surface area contributed by atoms with E-state index in [9.17, 15) is 0 Å². The van der Waals surface area contributed by atoms with Gasteiger partial charge in [-0.2, -0.15) is 0 Å². The van der Waals surface area contributed by atoms with Crippen molar-refractivity contribution in [2.45, 2.75) is 13.0 Å². The summed E-state index contributed by atoms with van der Waals surface area (Å²) in [5, 5.41) is 17.3. The minimum atomic E-state index is -0.304. The molecule has 0 saturated carbocycles. The van der Waals surface area contributed by atoms with E-state index in [2.05, 4.69) is 0 Å². The van der Waals surface area contributed by atoms with Crippen molar-refractivity contribution < 1.29 is 10.2 Å². The molecule has 0 aromatic heterocycles. The van der Waals surface area contributed by atoms with E-state index in [-0.39, 0.29) is 12.7 Å². The van der Waals surface area contributed by atoms with E-state index >= 15 is 0 Å². The Kier molecular flexibility index (Phi) is 4.67. The molecule has 1 unspecified atom stereocenters. The van der Waals surface area contributed by atoms with Gasteiger partial charge in [0.15, 0.2) is 0 Å². The van der Waals surface area contributed by atoms with Crippen LogP contribution in [0.15, 0.2) is 0 Å². The first-order valence-corrected chi connectivity index (χ1v) is 3.14. The summed E-state index contributed by atoms with van der Waals surface area (Å²) in [6.07, 6.45) is -0.304. The molecule has 0 radical (unpaired) electrons. The van der Waals surface area contributed by atoms with Crippen LogP contribution in [-0.2, 0) is 0 Å². The molecular weight excluding hydrogens is 118 g/mol. The minimum Gasteiger partial charge on any atom is -0.395 e. The lowest BCUT2D eigenvalue weighted by Crippen LogP contribution is -2.29. The monoisotopic (exact) mass is 133 g/mol. The molecule has 0 amide bonds. The van der Waals surface area contributed by atoms with Crippen molar-refractivity contribution in [2.75, 3.05) is 26.7 Å². The molecule has 0 aromatic carbocycles. The van der Waals surface area contributed by atoms with Gasteiger partial charge in [-0.25, -0.2) is 0 Å². The van der Waals surface area contributed by atoms with Gasteiger partial charge in [0.1, 0.15) is 0 Å². The lowest BCUT2D eigenvalue weighted by atomic mass is 10.4. The van der Waals surface area contributed by atoms with Gasteiger partial charge in [-0.1, -0.05) is 0 Å². The van der Waals surface area contributed by atoms with Crippen LogP contribution in [0.2, 0.25) is 0 Å². The molecule has 0 spiro atoms. The lowest BCUT2D eigenvalue weighted by molar-refractivity contribution is 0.127. The molecule has 0 bridgehead atoms. The Morgan fingerprint density at radius 2 is 2.11 bits per heavy atom. The van der Waals surface area contributed by atoms with Gasteiger partial charge < -0.3 is 15.1 Å². The zero-order valence-corrected chi connectivity index (χ0v) is 6.04. The highest BCUT2D eigenvalue weighted by molar-refractivity contribution is 4.53.